The van der Waals surface area contributed by atoms with Crippen molar-refractivity contribution in [3.63, 3.8) is 0 Å². The number of para-hydroxylation sites is 1. The zero-order chi connectivity index (χ0) is 17.6. The molecule has 2 amide bonds. The predicted molar refractivity (Wildman–Crippen MR) is 95.5 cm³/mol. The highest BCUT2D eigenvalue weighted by Crippen LogP contribution is 2.27. The van der Waals surface area contributed by atoms with E-state index in [-0.39, 0.29) is 17.7 Å². The number of ether oxygens (including phenoxy) is 1. The van der Waals surface area contributed by atoms with Crippen molar-refractivity contribution in [1.82, 2.24) is 15.1 Å². The Kier molecular flexibility index (Phi) is 5.91. The average Bonchev–Trinajstić information content (AvgIpc) is 2.66. The highest BCUT2D eigenvalue weighted by molar-refractivity contribution is 5.80. The minimum Gasteiger partial charge on any atom is -0.492 e. The lowest BCUT2D eigenvalue weighted by Gasteiger charge is -2.37. The van der Waals surface area contributed by atoms with Gasteiger partial charge in [0.1, 0.15) is 12.4 Å². The number of hydrogen-bond donors (Lipinski definition) is 1. The van der Waals surface area contributed by atoms with Crippen LogP contribution < -0.4 is 10.1 Å². The number of amides is 2. The van der Waals surface area contributed by atoms with Gasteiger partial charge in [-0.3, -0.25) is 14.5 Å². The number of fused-ring (bicyclic) bond motifs is 1. The first-order valence-electron chi connectivity index (χ1n) is 9.16. The highest BCUT2D eigenvalue weighted by atomic mass is 16.5. The van der Waals surface area contributed by atoms with Crippen LogP contribution in [0, 0.1) is 5.92 Å². The molecule has 136 valence electrons. The lowest BCUT2D eigenvalue weighted by Crippen LogP contribution is -2.53. The van der Waals surface area contributed by atoms with Gasteiger partial charge in [-0.25, -0.2) is 0 Å². The zero-order valence-corrected chi connectivity index (χ0v) is 14.9. The number of carbonyl (C=O) groups excluding carboxylic acids is 2. The molecular formula is C19H27N3O3. The second-order valence-electron chi connectivity index (χ2n) is 6.77. The first-order chi connectivity index (χ1) is 12.2. The van der Waals surface area contributed by atoms with Crippen LogP contribution in [-0.2, 0) is 16.0 Å². The van der Waals surface area contributed by atoms with Gasteiger partial charge in [0, 0.05) is 32.7 Å². The van der Waals surface area contributed by atoms with Crippen molar-refractivity contribution in [2.45, 2.75) is 19.8 Å². The molecule has 2 heterocycles. The van der Waals surface area contributed by atoms with E-state index in [1.807, 2.05) is 36.1 Å². The van der Waals surface area contributed by atoms with Crippen molar-refractivity contribution in [2.24, 2.45) is 5.92 Å². The highest BCUT2D eigenvalue weighted by Gasteiger charge is 2.31. The summed E-state index contributed by atoms with van der Waals surface area (Å²) in [6, 6.07) is 7.92. The molecule has 1 aromatic rings. The van der Waals surface area contributed by atoms with Gasteiger partial charge in [-0.15, -0.1) is 0 Å². The number of benzene rings is 1. The summed E-state index contributed by atoms with van der Waals surface area (Å²) in [6.07, 6.45) is 1.69. The van der Waals surface area contributed by atoms with Gasteiger partial charge >= 0.3 is 0 Å². The van der Waals surface area contributed by atoms with E-state index in [0.29, 0.717) is 26.2 Å². The van der Waals surface area contributed by atoms with Gasteiger partial charge in [-0.05, 0) is 24.5 Å². The monoisotopic (exact) mass is 345 g/mol. The molecule has 0 spiro atoms. The van der Waals surface area contributed by atoms with Crippen LogP contribution in [0.2, 0.25) is 0 Å². The minimum absolute atomic E-state index is 0.0684. The molecule has 1 N–H and O–H groups in total. The molecule has 3 rings (SSSR count). The summed E-state index contributed by atoms with van der Waals surface area (Å²) in [5.41, 5.74) is 1.11. The molecule has 0 aromatic heterocycles. The van der Waals surface area contributed by atoms with Crippen LogP contribution in [0.4, 0.5) is 0 Å². The number of carbonyl (C=O) groups is 2. The maximum Gasteiger partial charge on any atom is 0.234 e. The molecule has 1 atom stereocenters. The summed E-state index contributed by atoms with van der Waals surface area (Å²) >= 11 is 0. The molecule has 1 saturated heterocycles. The second kappa shape index (κ2) is 8.34. The molecule has 0 bridgehead atoms. The molecule has 2 aliphatic heterocycles. The Labute approximate surface area is 149 Å². The van der Waals surface area contributed by atoms with Crippen molar-refractivity contribution in [3.05, 3.63) is 29.8 Å². The maximum atomic E-state index is 12.8. The van der Waals surface area contributed by atoms with E-state index in [1.54, 1.807) is 0 Å². The average molecular weight is 345 g/mol. The van der Waals surface area contributed by atoms with Gasteiger partial charge in [-0.2, -0.15) is 0 Å². The molecule has 6 nitrogen and oxygen atoms in total. The van der Waals surface area contributed by atoms with Crippen molar-refractivity contribution >= 4 is 11.8 Å². The van der Waals surface area contributed by atoms with Crippen LogP contribution in [-0.4, -0.2) is 67.5 Å². The SMILES string of the molecule is CCCNC(=O)CN1CCN(C(=O)C2COc3ccccc3C2)CC1. The maximum absolute atomic E-state index is 12.8. The molecule has 2 aliphatic rings. The molecule has 6 heteroatoms. The lowest BCUT2D eigenvalue weighted by molar-refractivity contribution is -0.138. The topological polar surface area (TPSA) is 61.9 Å². The molecule has 25 heavy (non-hydrogen) atoms. The fraction of sp³-hybridized carbons (Fsp3) is 0.579. The molecule has 1 aromatic carbocycles. The molecule has 0 radical (unpaired) electrons. The Morgan fingerprint density at radius 1 is 1.20 bits per heavy atom. The molecule has 1 unspecified atom stereocenters. The first kappa shape index (κ1) is 17.7. The third-order valence-corrected chi connectivity index (χ3v) is 4.85. The predicted octanol–water partition coefficient (Wildman–Crippen LogP) is 0.908. The van der Waals surface area contributed by atoms with Gasteiger partial charge in [0.2, 0.25) is 11.8 Å². The van der Waals surface area contributed by atoms with E-state index in [1.165, 1.54) is 0 Å². The van der Waals surface area contributed by atoms with Gasteiger partial charge in [0.15, 0.2) is 0 Å². The lowest BCUT2D eigenvalue weighted by atomic mass is 9.95. The third-order valence-electron chi connectivity index (χ3n) is 4.85. The van der Waals surface area contributed by atoms with Crippen molar-refractivity contribution in [3.8, 4) is 5.75 Å². The fourth-order valence-corrected chi connectivity index (χ4v) is 3.39. The van der Waals surface area contributed by atoms with E-state index >= 15 is 0 Å². The number of piperazine rings is 1. The van der Waals surface area contributed by atoms with Crippen LogP contribution in [0.3, 0.4) is 0 Å². The largest absolute Gasteiger partial charge is 0.492 e. The number of nitrogens with zero attached hydrogens (tertiary/aromatic N) is 2. The Balaban J connectivity index is 1.47. The van der Waals surface area contributed by atoms with Gasteiger partial charge in [-0.1, -0.05) is 25.1 Å². The Morgan fingerprint density at radius 2 is 1.96 bits per heavy atom. The molecule has 1 fully saturated rings. The summed E-state index contributed by atoms with van der Waals surface area (Å²) in [6.45, 7) is 6.48. The smallest absolute Gasteiger partial charge is 0.234 e. The van der Waals surface area contributed by atoms with E-state index in [2.05, 4.69) is 10.2 Å². The minimum atomic E-state index is -0.102. The summed E-state index contributed by atoms with van der Waals surface area (Å²) in [5.74, 6) is 1.03. The number of hydrogen-bond acceptors (Lipinski definition) is 4. The second-order valence-corrected chi connectivity index (χ2v) is 6.77. The van der Waals surface area contributed by atoms with E-state index in [9.17, 15) is 9.59 Å². The standard InChI is InChI=1S/C19H27N3O3/c1-2-7-20-18(23)13-21-8-10-22(11-9-21)19(24)16-12-15-5-3-4-6-17(15)25-14-16/h3-6,16H,2,7-14H2,1H3,(H,20,23). The summed E-state index contributed by atoms with van der Waals surface area (Å²) in [4.78, 5) is 28.6. The van der Waals surface area contributed by atoms with Crippen LogP contribution >= 0.6 is 0 Å². The normalized spacial score (nSPS) is 20.5. The summed E-state index contributed by atoms with van der Waals surface area (Å²) in [5, 5.41) is 2.90. The van der Waals surface area contributed by atoms with Crippen LogP contribution in [0.5, 0.6) is 5.75 Å². The van der Waals surface area contributed by atoms with Gasteiger partial charge < -0.3 is 15.0 Å². The fourth-order valence-electron chi connectivity index (χ4n) is 3.39. The third kappa shape index (κ3) is 4.51. The van der Waals surface area contributed by atoms with E-state index in [0.717, 1.165) is 43.8 Å². The quantitative estimate of drug-likeness (QED) is 0.862. The van der Waals surface area contributed by atoms with E-state index in [4.69, 9.17) is 4.74 Å². The molecule has 0 aliphatic carbocycles. The van der Waals surface area contributed by atoms with Gasteiger partial charge in [0.25, 0.3) is 0 Å². The Morgan fingerprint density at radius 3 is 2.72 bits per heavy atom. The number of nitrogens with one attached hydrogen (secondary N) is 1. The zero-order valence-electron chi connectivity index (χ0n) is 14.9. The van der Waals surface area contributed by atoms with Crippen LogP contribution in [0.25, 0.3) is 0 Å². The molecule has 0 saturated carbocycles. The Hall–Kier alpha value is -2.08. The van der Waals surface area contributed by atoms with Crippen LogP contribution in [0.15, 0.2) is 24.3 Å². The van der Waals surface area contributed by atoms with Crippen molar-refractivity contribution in [2.75, 3.05) is 45.9 Å². The van der Waals surface area contributed by atoms with Crippen molar-refractivity contribution < 1.29 is 14.3 Å². The Bertz CT molecular complexity index is 612. The van der Waals surface area contributed by atoms with Crippen molar-refractivity contribution in [1.29, 1.82) is 0 Å². The molecular weight excluding hydrogens is 318 g/mol. The van der Waals surface area contributed by atoms with E-state index < -0.39 is 0 Å². The summed E-state index contributed by atoms with van der Waals surface area (Å²) < 4.78 is 5.75. The summed E-state index contributed by atoms with van der Waals surface area (Å²) in [7, 11) is 0. The number of rotatable bonds is 5. The van der Waals surface area contributed by atoms with Gasteiger partial charge in [0.05, 0.1) is 12.5 Å². The first-order valence-corrected chi connectivity index (χ1v) is 9.16. The van der Waals surface area contributed by atoms with Crippen LogP contribution in [0.1, 0.15) is 18.9 Å².